The van der Waals surface area contributed by atoms with Gasteiger partial charge in [0.2, 0.25) is 0 Å². The van der Waals surface area contributed by atoms with Crippen LogP contribution in [0.25, 0.3) is 0 Å². The van der Waals surface area contributed by atoms with Crippen molar-refractivity contribution >= 4 is 6.03 Å². The van der Waals surface area contributed by atoms with Crippen molar-refractivity contribution in [3.05, 3.63) is 0 Å². The first kappa shape index (κ1) is 12.7. The summed E-state index contributed by atoms with van der Waals surface area (Å²) >= 11 is 0. The van der Waals surface area contributed by atoms with E-state index in [-0.39, 0.29) is 18.1 Å². The average molecular weight is 240 g/mol. The first-order valence-corrected chi connectivity index (χ1v) is 6.95. The third-order valence-electron chi connectivity index (χ3n) is 4.17. The molecule has 0 aliphatic heterocycles. The zero-order valence-electron chi connectivity index (χ0n) is 10.5. The fraction of sp³-hybridized carbons (Fsp3) is 0.923. The number of hydrogen-bond donors (Lipinski definition) is 3. The molecule has 2 saturated carbocycles. The third kappa shape index (κ3) is 3.87. The van der Waals surface area contributed by atoms with Gasteiger partial charge in [-0.3, -0.25) is 0 Å². The molecule has 0 unspecified atom stereocenters. The van der Waals surface area contributed by atoms with Crippen LogP contribution in [-0.2, 0) is 0 Å². The standard InChI is InChI=1S/C13H24N2O2/c16-12-7-3-6-11(12)9-15-13(17)14-8-10-4-1-2-5-10/h10-12,16H,1-9H2,(H2,14,15,17)/t11-,12+/m1/s1. The van der Waals surface area contributed by atoms with E-state index >= 15 is 0 Å². The van der Waals surface area contributed by atoms with Gasteiger partial charge in [-0.1, -0.05) is 19.3 Å². The summed E-state index contributed by atoms with van der Waals surface area (Å²) in [5.74, 6) is 0.935. The van der Waals surface area contributed by atoms with Gasteiger partial charge in [0.15, 0.2) is 0 Å². The Hall–Kier alpha value is -0.770. The van der Waals surface area contributed by atoms with Crippen molar-refractivity contribution in [1.29, 1.82) is 0 Å². The Morgan fingerprint density at radius 3 is 2.35 bits per heavy atom. The molecule has 0 aromatic carbocycles. The van der Waals surface area contributed by atoms with Crippen LogP contribution in [-0.4, -0.2) is 30.3 Å². The lowest BCUT2D eigenvalue weighted by molar-refractivity contribution is 0.132. The first-order chi connectivity index (χ1) is 8.25. The number of aliphatic hydroxyl groups is 1. The van der Waals surface area contributed by atoms with Gasteiger partial charge in [0, 0.05) is 19.0 Å². The number of carbonyl (C=O) groups is 1. The molecular weight excluding hydrogens is 216 g/mol. The van der Waals surface area contributed by atoms with Gasteiger partial charge < -0.3 is 15.7 Å². The Bertz CT molecular complexity index is 252. The number of carbonyl (C=O) groups excluding carboxylic acids is 1. The fourth-order valence-corrected chi connectivity index (χ4v) is 2.99. The van der Waals surface area contributed by atoms with Crippen LogP contribution >= 0.6 is 0 Å². The molecule has 0 bridgehead atoms. The predicted octanol–water partition coefficient (Wildman–Crippen LogP) is 1.64. The third-order valence-corrected chi connectivity index (χ3v) is 4.17. The van der Waals surface area contributed by atoms with E-state index in [9.17, 15) is 9.90 Å². The summed E-state index contributed by atoms with van der Waals surface area (Å²) in [6.07, 6.45) is 7.90. The minimum Gasteiger partial charge on any atom is -0.393 e. The maximum absolute atomic E-state index is 11.6. The van der Waals surface area contributed by atoms with Crippen molar-refractivity contribution in [1.82, 2.24) is 10.6 Å². The second-order valence-electron chi connectivity index (χ2n) is 5.50. The summed E-state index contributed by atoms with van der Waals surface area (Å²) in [4.78, 5) is 11.6. The molecule has 0 saturated heterocycles. The van der Waals surface area contributed by atoms with E-state index < -0.39 is 0 Å². The lowest BCUT2D eigenvalue weighted by Gasteiger charge is -2.16. The van der Waals surface area contributed by atoms with Crippen molar-refractivity contribution in [2.75, 3.05) is 13.1 Å². The summed E-state index contributed by atoms with van der Waals surface area (Å²) in [5, 5.41) is 15.4. The van der Waals surface area contributed by atoms with Crippen LogP contribution in [0, 0.1) is 11.8 Å². The smallest absolute Gasteiger partial charge is 0.314 e. The summed E-state index contributed by atoms with van der Waals surface area (Å²) in [5.41, 5.74) is 0. The van der Waals surface area contributed by atoms with E-state index in [0.29, 0.717) is 12.5 Å². The van der Waals surface area contributed by atoms with Gasteiger partial charge in [0.05, 0.1) is 6.10 Å². The maximum atomic E-state index is 11.6. The molecule has 4 nitrogen and oxygen atoms in total. The van der Waals surface area contributed by atoms with E-state index in [1.165, 1.54) is 25.7 Å². The summed E-state index contributed by atoms with van der Waals surface area (Å²) in [7, 11) is 0. The monoisotopic (exact) mass is 240 g/mol. The molecular formula is C13H24N2O2. The van der Waals surface area contributed by atoms with Gasteiger partial charge in [0.25, 0.3) is 0 Å². The van der Waals surface area contributed by atoms with Crippen molar-refractivity contribution in [2.24, 2.45) is 11.8 Å². The van der Waals surface area contributed by atoms with Gasteiger partial charge in [-0.05, 0) is 31.6 Å². The molecule has 2 aliphatic rings. The van der Waals surface area contributed by atoms with Crippen molar-refractivity contribution < 1.29 is 9.90 Å². The molecule has 4 heteroatoms. The van der Waals surface area contributed by atoms with Gasteiger partial charge in [-0.2, -0.15) is 0 Å². The topological polar surface area (TPSA) is 61.4 Å². The summed E-state index contributed by atoms with van der Waals surface area (Å²) in [6.45, 7) is 1.41. The Balaban J connectivity index is 1.57. The molecule has 3 N–H and O–H groups in total. The molecule has 0 spiro atoms. The molecule has 2 atom stereocenters. The highest BCUT2D eigenvalue weighted by Crippen LogP contribution is 2.25. The van der Waals surface area contributed by atoms with Gasteiger partial charge >= 0.3 is 6.03 Å². The Labute approximate surface area is 103 Å². The Kier molecular flexibility index (Phi) is 4.66. The molecule has 2 aliphatic carbocycles. The van der Waals surface area contributed by atoms with Crippen LogP contribution in [0.2, 0.25) is 0 Å². The van der Waals surface area contributed by atoms with Crippen molar-refractivity contribution in [3.63, 3.8) is 0 Å². The van der Waals surface area contributed by atoms with E-state index in [1.54, 1.807) is 0 Å². The largest absolute Gasteiger partial charge is 0.393 e. The lowest BCUT2D eigenvalue weighted by Crippen LogP contribution is -2.41. The van der Waals surface area contributed by atoms with Gasteiger partial charge in [-0.25, -0.2) is 4.79 Å². The van der Waals surface area contributed by atoms with Crippen LogP contribution < -0.4 is 10.6 Å². The molecule has 0 aromatic heterocycles. The highest BCUT2D eigenvalue weighted by molar-refractivity contribution is 5.73. The van der Waals surface area contributed by atoms with Crippen molar-refractivity contribution in [3.8, 4) is 0 Å². The van der Waals surface area contributed by atoms with Crippen LogP contribution in [0.1, 0.15) is 44.9 Å². The molecule has 0 radical (unpaired) electrons. The molecule has 2 amide bonds. The molecule has 0 heterocycles. The zero-order chi connectivity index (χ0) is 12.1. The summed E-state index contributed by atoms with van der Waals surface area (Å²) in [6, 6.07) is -0.0731. The number of rotatable bonds is 4. The van der Waals surface area contributed by atoms with Gasteiger partial charge in [0.1, 0.15) is 0 Å². The SMILES string of the molecule is O=C(NCC1CCCC1)NC[C@H]1CCC[C@@H]1O. The normalized spacial score (nSPS) is 29.5. The number of nitrogens with one attached hydrogen (secondary N) is 2. The maximum Gasteiger partial charge on any atom is 0.314 e. The minimum absolute atomic E-state index is 0.0731. The van der Waals surface area contributed by atoms with Crippen molar-refractivity contribution in [2.45, 2.75) is 51.0 Å². The number of hydrogen-bond acceptors (Lipinski definition) is 2. The summed E-state index contributed by atoms with van der Waals surface area (Å²) < 4.78 is 0. The number of amides is 2. The van der Waals surface area contributed by atoms with E-state index in [4.69, 9.17) is 0 Å². The molecule has 98 valence electrons. The zero-order valence-corrected chi connectivity index (χ0v) is 10.5. The molecule has 17 heavy (non-hydrogen) atoms. The fourth-order valence-electron chi connectivity index (χ4n) is 2.99. The van der Waals surface area contributed by atoms with Crippen LogP contribution in [0.4, 0.5) is 4.79 Å². The van der Waals surface area contributed by atoms with E-state index in [0.717, 1.165) is 25.8 Å². The molecule has 0 aromatic rings. The molecule has 2 rings (SSSR count). The van der Waals surface area contributed by atoms with Crippen LogP contribution in [0.3, 0.4) is 0 Å². The molecule has 2 fully saturated rings. The Morgan fingerprint density at radius 2 is 1.71 bits per heavy atom. The van der Waals surface area contributed by atoms with E-state index in [1.807, 2.05) is 0 Å². The van der Waals surface area contributed by atoms with E-state index in [2.05, 4.69) is 10.6 Å². The minimum atomic E-state index is -0.217. The first-order valence-electron chi connectivity index (χ1n) is 6.95. The average Bonchev–Trinajstić information content (AvgIpc) is 2.95. The number of aliphatic hydroxyl groups excluding tert-OH is 1. The highest BCUT2D eigenvalue weighted by Gasteiger charge is 2.25. The predicted molar refractivity (Wildman–Crippen MR) is 66.7 cm³/mol. The van der Waals surface area contributed by atoms with Crippen LogP contribution in [0.5, 0.6) is 0 Å². The Morgan fingerprint density at radius 1 is 1.00 bits per heavy atom. The quantitative estimate of drug-likeness (QED) is 0.699. The number of urea groups is 1. The second kappa shape index (κ2) is 6.24. The highest BCUT2D eigenvalue weighted by atomic mass is 16.3. The lowest BCUT2D eigenvalue weighted by atomic mass is 10.1. The van der Waals surface area contributed by atoms with Gasteiger partial charge in [-0.15, -0.1) is 0 Å². The second-order valence-corrected chi connectivity index (χ2v) is 5.50. The van der Waals surface area contributed by atoms with Crippen LogP contribution in [0.15, 0.2) is 0 Å².